The molecular weight excluding hydrogens is 378 g/mol. The predicted molar refractivity (Wildman–Crippen MR) is 90.5 cm³/mol. The number of hydrogen-bond donors (Lipinski definition) is 2. The molecule has 12 heteroatoms. The van der Waals surface area contributed by atoms with Gasteiger partial charge in [0, 0.05) is 27.0 Å². The summed E-state index contributed by atoms with van der Waals surface area (Å²) < 4.78 is 22.4. The third-order valence-electron chi connectivity index (χ3n) is 3.84. The molecule has 28 heavy (non-hydrogen) atoms. The second kappa shape index (κ2) is 8.80. The second-order valence-electron chi connectivity index (χ2n) is 6.01. The fourth-order valence-corrected chi connectivity index (χ4v) is 2.75. The number of aromatic nitrogens is 2. The molecule has 0 aliphatic carbocycles. The molecule has 2 heterocycles. The van der Waals surface area contributed by atoms with Crippen molar-refractivity contribution in [3.63, 3.8) is 0 Å². The van der Waals surface area contributed by atoms with Gasteiger partial charge in [-0.25, -0.2) is 0 Å². The Kier molecular flexibility index (Phi) is 6.70. The van der Waals surface area contributed by atoms with Gasteiger partial charge in [0.15, 0.2) is 18.4 Å². The first-order valence-corrected chi connectivity index (χ1v) is 8.25. The molecule has 0 amide bonds. The van der Waals surface area contributed by atoms with E-state index >= 15 is 0 Å². The van der Waals surface area contributed by atoms with Crippen LogP contribution in [0.1, 0.15) is 32.6 Å². The van der Waals surface area contributed by atoms with Gasteiger partial charge in [-0.15, -0.1) is 0 Å². The first kappa shape index (κ1) is 21.3. The highest BCUT2D eigenvalue weighted by Crippen LogP contribution is 2.35. The van der Waals surface area contributed by atoms with E-state index in [-0.39, 0.29) is 18.1 Å². The van der Waals surface area contributed by atoms with Gasteiger partial charge < -0.3 is 29.8 Å². The zero-order chi connectivity index (χ0) is 21.0. The van der Waals surface area contributed by atoms with Crippen LogP contribution in [0, 0.1) is 0 Å². The Morgan fingerprint density at radius 2 is 1.79 bits per heavy atom. The molecule has 154 valence electrons. The molecule has 0 aromatic carbocycles. The van der Waals surface area contributed by atoms with Crippen LogP contribution in [0.3, 0.4) is 0 Å². The van der Waals surface area contributed by atoms with Crippen molar-refractivity contribution in [2.45, 2.75) is 51.9 Å². The maximum Gasteiger partial charge on any atom is 0.303 e. The number of hydrogen-bond acceptors (Lipinski definition) is 11. The summed E-state index contributed by atoms with van der Waals surface area (Å²) in [7, 11) is 0. The monoisotopic (exact) mass is 399 g/mol. The van der Waals surface area contributed by atoms with E-state index in [0.29, 0.717) is 0 Å². The van der Waals surface area contributed by atoms with Crippen molar-refractivity contribution >= 4 is 23.9 Å². The van der Waals surface area contributed by atoms with Crippen LogP contribution >= 0.6 is 0 Å². The zero-order valence-corrected chi connectivity index (χ0v) is 15.5. The number of rotatable bonds is 6. The van der Waals surface area contributed by atoms with Gasteiger partial charge in [0.1, 0.15) is 12.7 Å². The van der Waals surface area contributed by atoms with Crippen molar-refractivity contribution in [1.29, 1.82) is 0 Å². The highest BCUT2D eigenvalue weighted by Gasteiger charge is 2.50. The van der Waals surface area contributed by atoms with Crippen LogP contribution in [0.25, 0.3) is 0 Å². The molecule has 4 atom stereocenters. The van der Waals surface area contributed by atoms with Crippen LogP contribution in [0.5, 0.6) is 0 Å². The van der Waals surface area contributed by atoms with Crippen molar-refractivity contribution in [3.8, 4) is 0 Å². The van der Waals surface area contributed by atoms with Gasteiger partial charge in [0.2, 0.25) is 5.95 Å². The van der Waals surface area contributed by atoms with Gasteiger partial charge in [-0.1, -0.05) is 0 Å². The van der Waals surface area contributed by atoms with E-state index in [4.69, 9.17) is 24.7 Å². The molecule has 1 aromatic heterocycles. The number of carbonyl (C=O) groups is 3. The van der Waals surface area contributed by atoms with E-state index in [1.807, 2.05) is 0 Å². The van der Waals surface area contributed by atoms with Gasteiger partial charge in [-0.05, 0) is 0 Å². The number of nitrogens with zero attached hydrogens (tertiary/aromatic N) is 2. The lowest BCUT2D eigenvalue weighted by Crippen LogP contribution is -2.41. The summed E-state index contributed by atoms with van der Waals surface area (Å²) in [5.41, 5.74) is 4.98. The lowest BCUT2D eigenvalue weighted by Gasteiger charge is -2.25. The maximum atomic E-state index is 11.7. The molecule has 1 aliphatic rings. The van der Waals surface area contributed by atoms with Gasteiger partial charge in [-0.2, -0.15) is 4.98 Å². The largest absolute Gasteiger partial charge is 0.463 e. The highest BCUT2D eigenvalue weighted by molar-refractivity contribution is 5.68. The van der Waals surface area contributed by atoms with E-state index in [1.165, 1.54) is 17.7 Å². The summed E-state index contributed by atoms with van der Waals surface area (Å²) in [6.45, 7) is 2.59. The maximum absolute atomic E-state index is 11.7. The van der Waals surface area contributed by atoms with E-state index in [0.717, 1.165) is 13.8 Å². The molecule has 0 spiro atoms. The first-order valence-electron chi connectivity index (χ1n) is 8.25. The molecule has 1 fully saturated rings. The van der Waals surface area contributed by atoms with Crippen molar-refractivity contribution in [1.82, 2.24) is 9.55 Å². The van der Waals surface area contributed by atoms with E-state index < -0.39 is 54.6 Å². The smallest absolute Gasteiger partial charge is 0.303 e. The molecular formula is C16H21N3O9. The third-order valence-corrected chi connectivity index (χ3v) is 3.84. The number of aliphatic hydroxyl groups excluding tert-OH is 1. The standard InChI is InChI=1S/C16H21N3O9/c1-7(21)25-6-11-12(26-8(2)22)13(27-9(3)23)15(28-11)19-4-10(5-20)14(24)18-16(19)17/h4,11-13,15,20H,5-6H2,1-3H3,(H2,17,18,24)/t11-,12-,13-,15-/m1/s1. The Morgan fingerprint density at radius 1 is 1.18 bits per heavy atom. The van der Waals surface area contributed by atoms with Crippen molar-refractivity contribution in [2.24, 2.45) is 0 Å². The SMILES string of the molecule is CC(=O)OC[C@H]1O[C@@H](n2cc(CO)c(=O)nc2N)[C@H](OC(C)=O)[C@@H]1OC(C)=O. The highest BCUT2D eigenvalue weighted by atomic mass is 16.7. The number of carbonyl (C=O) groups excluding carboxylic acids is 3. The predicted octanol–water partition coefficient (Wildman–Crippen LogP) is -1.36. The fourth-order valence-electron chi connectivity index (χ4n) is 2.75. The Labute approximate surface area is 159 Å². The molecule has 0 unspecified atom stereocenters. The van der Waals surface area contributed by atoms with Gasteiger partial charge >= 0.3 is 17.9 Å². The molecule has 0 bridgehead atoms. The van der Waals surface area contributed by atoms with Crippen molar-refractivity contribution < 1.29 is 38.4 Å². The number of ether oxygens (including phenoxy) is 4. The van der Waals surface area contributed by atoms with Gasteiger partial charge in [0.05, 0.1) is 12.2 Å². The Bertz CT molecular complexity index is 822. The lowest BCUT2D eigenvalue weighted by atomic mass is 10.1. The average molecular weight is 399 g/mol. The number of esters is 3. The quantitative estimate of drug-likeness (QED) is 0.428. The molecule has 2 rings (SSSR count). The fraction of sp³-hybridized carbons (Fsp3) is 0.562. The first-order chi connectivity index (χ1) is 13.1. The minimum absolute atomic E-state index is 0.0770. The number of aliphatic hydroxyl groups is 1. The minimum atomic E-state index is -1.18. The number of anilines is 1. The summed E-state index contributed by atoms with van der Waals surface area (Å²) in [4.78, 5) is 49.6. The van der Waals surface area contributed by atoms with E-state index in [9.17, 15) is 24.3 Å². The number of nitrogen functional groups attached to an aromatic ring is 1. The second-order valence-corrected chi connectivity index (χ2v) is 6.01. The normalized spacial score (nSPS) is 23.9. The number of nitrogens with two attached hydrogens (primary N) is 1. The van der Waals surface area contributed by atoms with Gasteiger partial charge in [0.25, 0.3) is 5.56 Å². The third kappa shape index (κ3) is 4.84. The topological polar surface area (TPSA) is 169 Å². The lowest BCUT2D eigenvalue weighted by molar-refractivity contribution is -0.166. The Balaban J connectivity index is 2.48. The summed E-state index contributed by atoms with van der Waals surface area (Å²) in [6.07, 6.45) is -3.25. The van der Waals surface area contributed by atoms with E-state index in [1.54, 1.807) is 0 Å². The van der Waals surface area contributed by atoms with Crippen molar-refractivity contribution in [3.05, 3.63) is 22.1 Å². The van der Waals surface area contributed by atoms with Crippen LogP contribution in [-0.4, -0.2) is 57.5 Å². The van der Waals surface area contributed by atoms with Crippen LogP contribution in [0.4, 0.5) is 5.95 Å². The van der Waals surface area contributed by atoms with Crippen LogP contribution < -0.4 is 11.3 Å². The van der Waals surface area contributed by atoms with Gasteiger partial charge in [-0.3, -0.25) is 23.7 Å². The zero-order valence-electron chi connectivity index (χ0n) is 15.5. The Hall–Kier alpha value is -2.99. The molecule has 3 N–H and O–H groups in total. The molecule has 12 nitrogen and oxygen atoms in total. The molecule has 1 saturated heterocycles. The summed E-state index contributed by atoms with van der Waals surface area (Å²) in [5, 5.41) is 9.31. The summed E-state index contributed by atoms with van der Waals surface area (Å²) in [5.74, 6) is -2.25. The average Bonchev–Trinajstić information content (AvgIpc) is 2.89. The molecule has 1 aliphatic heterocycles. The van der Waals surface area contributed by atoms with Crippen LogP contribution in [-0.2, 0) is 39.9 Å². The van der Waals surface area contributed by atoms with Crippen molar-refractivity contribution in [2.75, 3.05) is 12.3 Å². The molecule has 1 aromatic rings. The van der Waals surface area contributed by atoms with E-state index in [2.05, 4.69) is 4.98 Å². The van der Waals surface area contributed by atoms with Crippen LogP contribution in [0.15, 0.2) is 11.0 Å². The summed E-state index contributed by atoms with van der Waals surface area (Å²) >= 11 is 0. The molecule has 0 radical (unpaired) electrons. The summed E-state index contributed by atoms with van der Waals surface area (Å²) in [6, 6.07) is 0. The van der Waals surface area contributed by atoms with Crippen LogP contribution in [0.2, 0.25) is 0 Å². The Morgan fingerprint density at radius 3 is 2.32 bits per heavy atom. The molecule has 0 saturated carbocycles. The minimum Gasteiger partial charge on any atom is -0.463 e.